The van der Waals surface area contributed by atoms with Gasteiger partial charge in [-0.25, -0.2) is 19.3 Å². The summed E-state index contributed by atoms with van der Waals surface area (Å²) in [6.45, 7) is 8.83. The lowest BCUT2D eigenvalue weighted by Gasteiger charge is -2.40. The topological polar surface area (TPSA) is 116 Å². The van der Waals surface area contributed by atoms with Crippen LogP contribution in [-0.2, 0) is 4.74 Å². The number of morpholine rings is 1. The second kappa shape index (κ2) is 8.98. The molecular weight excluding hydrogens is 474 g/mol. The maximum Gasteiger partial charge on any atom is 0.354 e. The fourth-order valence-corrected chi connectivity index (χ4v) is 5.73. The molecule has 3 aromatic heterocycles. The Morgan fingerprint density at radius 2 is 2.00 bits per heavy atom. The molecule has 3 fully saturated rings. The number of carbonyl (C=O) groups excluding carboxylic acids is 1. The molecule has 2 unspecified atom stereocenters. The standard InChI is InChI=1S/C26H31N7O4/c1-17-6-8-30(13-17)19-12-18(2)23-28-22(29-33(23)14-19)24(34)32-10-11-37-26(16-32)7-9-31(15-26)21-5-3-4-20(27-21)25(35)36/h3-5,12,14,17H,6-11,13,15-16H2,1-2H3,(H,35,36). The van der Waals surface area contributed by atoms with Crippen LogP contribution in [0.1, 0.15) is 46.4 Å². The highest BCUT2D eigenvalue weighted by atomic mass is 16.5. The summed E-state index contributed by atoms with van der Waals surface area (Å²) >= 11 is 0. The van der Waals surface area contributed by atoms with Gasteiger partial charge in [0.25, 0.3) is 5.91 Å². The smallest absolute Gasteiger partial charge is 0.354 e. The molecule has 194 valence electrons. The van der Waals surface area contributed by atoms with Crippen LogP contribution < -0.4 is 9.80 Å². The van der Waals surface area contributed by atoms with E-state index in [-0.39, 0.29) is 17.4 Å². The van der Waals surface area contributed by atoms with Crippen molar-refractivity contribution in [1.82, 2.24) is 24.5 Å². The molecule has 37 heavy (non-hydrogen) atoms. The highest BCUT2D eigenvalue weighted by Gasteiger charge is 2.45. The van der Waals surface area contributed by atoms with Crippen LogP contribution in [0.4, 0.5) is 11.5 Å². The van der Waals surface area contributed by atoms with Gasteiger partial charge >= 0.3 is 5.97 Å². The Morgan fingerprint density at radius 3 is 2.78 bits per heavy atom. The number of nitrogens with zero attached hydrogens (tertiary/aromatic N) is 7. The Labute approximate surface area is 214 Å². The van der Waals surface area contributed by atoms with E-state index in [2.05, 4.69) is 33.0 Å². The predicted molar refractivity (Wildman–Crippen MR) is 136 cm³/mol. The number of aromatic carboxylic acids is 1. The van der Waals surface area contributed by atoms with Gasteiger partial charge in [-0.05, 0) is 49.4 Å². The van der Waals surface area contributed by atoms with Crippen LogP contribution in [0.25, 0.3) is 5.65 Å². The predicted octanol–water partition coefficient (Wildman–Crippen LogP) is 2.10. The van der Waals surface area contributed by atoms with Crippen LogP contribution in [0.5, 0.6) is 0 Å². The summed E-state index contributed by atoms with van der Waals surface area (Å²) in [4.78, 5) is 39.9. The zero-order valence-corrected chi connectivity index (χ0v) is 21.1. The third kappa shape index (κ3) is 4.37. The van der Waals surface area contributed by atoms with E-state index in [9.17, 15) is 14.7 Å². The molecule has 1 amide bonds. The number of rotatable bonds is 4. The Kier molecular flexibility index (Phi) is 5.74. The Hall–Kier alpha value is -3.73. The number of amides is 1. The highest BCUT2D eigenvalue weighted by Crippen LogP contribution is 2.32. The fraction of sp³-hybridized carbons (Fsp3) is 0.500. The van der Waals surface area contributed by atoms with Gasteiger partial charge in [-0.3, -0.25) is 4.79 Å². The third-order valence-corrected chi connectivity index (χ3v) is 7.71. The first-order chi connectivity index (χ1) is 17.8. The monoisotopic (exact) mass is 505 g/mol. The fourth-order valence-electron chi connectivity index (χ4n) is 5.73. The number of fused-ring (bicyclic) bond motifs is 1. The highest BCUT2D eigenvalue weighted by molar-refractivity contribution is 5.91. The van der Waals surface area contributed by atoms with Gasteiger partial charge in [0.05, 0.1) is 31.6 Å². The van der Waals surface area contributed by atoms with Gasteiger partial charge in [-0.1, -0.05) is 13.0 Å². The van der Waals surface area contributed by atoms with Crippen molar-refractivity contribution in [1.29, 1.82) is 0 Å². The van der Waals surface area contributed by atoms with Gasteiger partial charge in [0.1, 0.15) is 11.4 Å². The number of carboxylic acids is 1. The molecule has 3 saturated heterocycles. The third-order valence-electron chi connectivity index (χ3n) is 7.71. The quantitative estimate of drug-likeness (QED) is 0.569. The first-order valence-corrected chi connectivity index (χ1v) is 12.8. The molecule has 6 rings (SSSR count). The SMILES string of the molecule is Cc1cc(N2CCC(C)C2)cn2nc(C(=O)N3CCOC4(CCN(c5cccc(C(=O)O)n5)C4)C3)nc12. The second-order valence-corrected chi connectivity index (χ2v) is 10.5. The number of hydrogen-bond acceptors (Lipinski definition) is 8. The molecule has 11 heteroatoms. The minimum absolute atomic E-state index is 0.00966. The molecule has 3 aliphatic heterocycles. The zero-order valence-electron chi connectivity index (χ0n) is 21.1. The molecular formula is C26H31N7O4. The van der Waals surface area contributed by atoms with E-state index in [1.807, 2.05) is 18.0 Å². The summed E-state index contributed by atoms with van der Waals surface area (Å²) in [6.07, 6.45) is 3.86. The summed E-state index contributed by atoms with van der Waals surface area (Å²) in [5.74, 6) is 0.202. The number of pyridine rings is 2. The maximum atomic E-state index is 13.5. The molecule has 6 heterocycles. The number of carboxylic acid groups (broad SMARTS) is 1. The molecule has 0 aromatic carbocycles. The molecule has 1 N–H and O–H groups in total. The van der Waals surface area contributed by atoms with E-state index >= 15 is 0 Å². The van der Waals surface area contributed by atoms with E-state index in [4.69, 9.17) is 4.74 Å². The molecule has 3 aromatic rings. The maximum absolute atomic E-state index is 13.5. The Bertz CT molecular complexity index is 1370. The first kappa shape index (κ1) is 23.7. The summed E-state index contributed by atoms with van der Waals surface area (Å²) in [5, 5.41) is 13.9. The van der Waals surface area contributed by atoms with Crippen molar-refractivity contribution in [3.8, 4) is 0 Å². The lowest BCUT2D eigenvalue weighted by molar-refractivity contribution is -0.0858. The average molecular weight is 506 g/mol. The number of ether oxygens (including phenoxy) is 1. The van der Waals surface area contributed by atoms with E-state index in [0.29, 0.717) is 56.6 Å². The molecule has 11 nitrogen and oxygen atoms in total. The lowest BCUT2D eigenvalue weighted by atomic mass is 10.0. The first-order valence-electron chi connectivity index (χ1n) is 12.8. The Balaban J connectivity index is 1.19. The zero-order chi connectivity index (χ0) is 25.7. The van der Waals surface area contributed by atoms with Crippen molar-refractivity contribution in [2.75, 3.05) is 55.7 Å². The molecule has 3 aliphatic rings. The van der Waals surface area contributed by atoms with Crippen LogP contribution in [0.15, 0.2) is 30.5 Å². The van der Waals surface area contributed by atoms with Crippen LogP contribution in [0.2, 0.25) is 0 Å². The summed E-state index contributed by atoms with van der Waals surface area (Å²) < 4.78 is 7.93. The molecule has 0 radical (unpaired) electrons. The summed E-state index contributed by atoms with van der Waals surface area (Å²) in [7, 11) is 0. The summed E-state index contributed by atoms with van der Waals surface area (Å²) in [6, 6.07) is 7.10. The van der Waals surface area contributed by atoms with Crippen molar-refractivity contribution >= 4 is 29.0 Å². The summed E-state index contributed by atoms with van der Waals surface area (Å²) in [5.41, 5.74) is 2.26. The van der Waals surface area contributed by atoms with Gasteiger partial charge in [0.15, 0.2) is 11.3 Å². The van der Waals surface area contributed by atoms with Crippen molar-refractivity contribution < 1.29 is 19.4 Å². The van der Waals surface area contributed by atoms with E-state index < -0.39 is 11.6 Å². The normalized spacial score (nSPS) is 23.9. The van der Waals surface area contributed by atoms with Crippen molar-refractivity contribution in [3.63, 3.8) is 0 Å². The van der Waals surface area contributed by atoms with E-state index in [1.54, 1.807) is 21.5 Å². The van der Waals surface area contributed by atoms with E-state index in [0.717, 1.165) is 24.3 Å². The van der Waals surface area contributed by atoms with Crippen LogP contribution in [-0.4, -0.2) is 92.9 Å². The van der Waals surface area contributed by atoms with Gasteiger partial charge < -0.3 is 24.5 Å². The number of aromatic nitrogens is 4. The molecule has 0 bridgehead atoms. The van der Waals surface area contributed by atoms with Crippen LogP contribution in [0, 0.1) is 12.8 Å². The van der Waals surface area contributed by atoms with Crippen LogP contribution >= 0.6 is 0 Å². The molecule has 0 aliphatic carbocycles. The van der Waals surface area contributed by atoms with Crippen molar-refractivity contribution in [2.45, 2.75) is 32.3 Å². The van der Waals surface area contributed by atoms with Crippen molar-refractivity contribution in [3.05, 3.63) is 47.5 Å². The van der Waals surface area contributed by atoms with Crippen molar-refractivity contribution in [2.24, 2.45) is 5.92 Å². The molecule has 1 spiro atoms. The Morgan fingerprint density at radius 1 is 1.14 bits per heavy atom. The van der Waals surface area contributed by atoms with Gasteiger partial charge in [-0.15, -0.1) is 5.10 Å². The number of aryl methyl sites for hydroxylation is 1. The van der Waals surface area contributed by atoms with Gasteiger partial charge in [0, 0.05) is 26.2 Å². The second-order valence-electron chi connectivity index (χ2n) is 10.5. The number of carbonyl (C=O) groups is 2. The lowest BCUT2D eigenvalue weighted by Crippen LogP contribution is -2.55. The molecule has 0 saturated carbocycles. The minimum Gasteiger partial charge on any atom is -0.477 e. The van der Waals surface area contributed by atoms with Gasteiger partial charge in [-0.2, -0.15) is 0 Å². The largest absolute Gasteiger partial charge is 0.477 e. The molecule has 2 atom stereocenters. The average Bonchev–Trinajstić information content (AvgIpc) is 3.62. The van der Waals surface area contributed by atoms with Gasteiger partial charge in [0.2, 0.25) is 5.82 Å². The number of anilines is 2. The van der Waals surface area contributed by atoms with Crippen LogP contribution in [0.3, 0.4) is 0 Å². The minimum atomic E-state index is -1.06. The number of hydrogen-bond donors (Lipinski definition) is 1. The van der Waals surface area contributed by atoms with E-state index in [1.165, 1.54) is 12.5 Å².